The third-order valence-corrected chi connectivity index (χ3v) is 4.65. The lowest BCUT2D eigenvalue weighted by molar-refractivity contribution is 0.143. The van der Waals surface area contributed by atoms with Crippen LogP contribution < -0.4 is 4.90 Å². The van der Waals surface area contributed by atoms with E-state index in [1.807, 2.05) is 6.07 Å². The number of rotatable bonds is 4. The minimum absolute atomic E-state index is 0.637. The number of hydrogen-bond acceptors (Lipinski definition) is 4. The molecule has 0 radical (unpaired) electrons. The van der Waals surface area contributed by atoms with Crippen molar-refractivity contribution in [1.29, 1.82) is 0 Å². The maximum Gasteiger partial charge on any atom is 0.185 e. The summed E-state index contributed by atoms with van der Waals surface area (Å²) in [7, 11) is 1.79. The lowest BCUT2D eigenvalue weighted by Crippen LogP contribution is -2.37. The van der Waals surface area contributed by atoms with Gasteiger partial charge >= 0.3 is 0 Å². The second kappa shape index (κ2) is 6.37. The minimum atomic E-state index is 0.637. The molecule has 3 nitrogen and oxygen atoms in total. The zero-order valence-electron chi connectivity index (χ0n) is 11.8. The van der Waals surface area contributed by atoms with Crippen molar-refractivity contribution in [3.05, 3.63) is 35.7 Å². The molecule has 1 aromatic carbocycles. The summed E-state index contributed by atoms with van der Waals surface area (Å²) in [5.74, 6) is 0.637. The van der Waals surface area contributed by atoms with Crippen molar-refractivity contribution in [2.24, 2.45) is 5.92 Å². The third kappa shape index (κ3) is 3.02. The van der Waals surface area contributed by atoms with E-state index in [1.165, 1.54) is 18.4 Å². The molecule has 3 rings (SSSR count). The molecule has 1 unspecified atom stereocenters. The maximum atomic E-state index is 5.30. The molecule has 0 spiro atoms. The maximum absolute atomic E-state index is 5.30. The largest absolute Gasteiger partial charge is 0.384 e. The standard InChI is InChI=1S/C16H20N2OS/c1-19-11-13-6-5-9-18(10-13)16-17-15(12-20-16)14-7-3-2-4-8-14/h2-4,7-8,12-13H,5-6,9-11H2,1H3. The van der Waals surface area contributed by atoms with Gasteiger partial charge in [0.2, 0.25) is 0 Å². The highest BCUT2D eigenvalue weighted by molar-refractivity contribution is 7.14. The highest BCUT2D eigenvalue weighted by Gasteiger charge is 2.22. The fourth-order valence-corrected chi connectivity index (χ4v) is 3.63. The molecule has 106 valence electrons. The summed E-state index contributed by atoms with van der Waals surface area (Å²) in [4.78, 5) is 7.21. The predicted octanol–water partition coefficient (Wildman–Crippen LogP) is 3.67. The van der Waals surface area contributed by atoms with Gasteiger partial charge < -0.3 is 9.64 Å². The highest BCUT2D eigenvalue weighted by Crippen LogP contribution is 2.30. The van der Waals surface area contributed by atoms with Gasteiger partial charge in [-0.05, 0) is 18.8 Å². The lowest BCUT2D eigenvalue weighted by Gasteiger charge is -2.32. The first-order valence-electron chi connectivity index (χ1n) is 7.11. The number of thiazole rings is 1. The molecule has 0 N–H and O–H groups in total. The van der Waals surface area contributed by atoms with E-state index in [-0.39, 0.29) is 0 Å². The third-order valence-electron chi connectivity index (χ3n) is 3.75. The summed E-state index contributed by atoms with van der Waals surface area (Å²) in [5.41, 5.74) is 2.28. The number of benzene rings is 1. The highest BCUT2D eigenvalue weighted by atomic mass is 32.1. The predicted molar refractivity (Wildman–Crippen MR) is 84.4 cm³/mol. The molecule has 1 fully saturated rings. The van der Waals surface area contributed by atoms with Crippen LogP contribution in [0.15, 0.2) is 35.7 Å². The molecule has 1 saturated heterocycles. The summed E-state index contributed by atoms with van der Waals surface area (Å²) in [6, 6.07) is 10.4. The van der Waals surface area contributed by atoms with Gasteiger partial charge in [0.05, 0.1) is 12.3 Å². The number of nitrogens with zero attached hydrogens (tertiary/aromatic N) is 2. The molecule has 4 heteroatoms. The van der Waals surface area contributed by atoms with Gasteiger partial charge in [0, 0.05) is 31.1 Å². The Labute approximate surface area is 124 Å². The molecule has 20 heavy (non-hydrogen) atoms. The normalized spacial score (nSPS) is 19.2. The van der Waals surface area contributed by atoms with Gasteiger partial charge in [-0.2, -0.15) is 0 Å². The van der Waals surface area contributed by atoms with Gasteiger partial charge in [-0.3, -0.25) is 0 Å². The fraction of sp³-hybridized carbons (Fsp3) is 0.438. The number of hydrogen-bond donors (Lipinski definition) is 0. The molecular weight excluding hydrogens is 268 g/mol. The Morgan fingerprint density at radius 1 is 1.35 bits per heavy atom. The van der Waals surface area contributed by atoms with Crippen LogP contribution in [0.25, 0.3) is 11.3 Å². The zero-order valence-corrected chi connectivity index (χ0v) is 12.6. The Balaban J connectivity index is 1.73. The summed E-state index contributed by atoms with van der Waals surface area (Å²) < 4.78 is 5.30. The van der Waals surface area contributed by atoms with Crippen molar-refractivity contribution in [2.45, 2.75) is 12.8 Å². The second-order valence-corrected chi connectivity index (χ2v) is 6.13. The van der Waals surface area contributed by atoms with E-state index in [9.17, 15) is 0 Å². The van der Waals surface area contributed by atoms with Crippen molar-refractivity contribution < 1.29 is 4.74 Å². The average Bonchev–Trinajstić information content (AvgIpc) is 2.99. The molecule has 2 heterocycles. The quantitative estimate of drug-likeness (QED) is 0.858. The smallest absolute Gasteiger partial charge is 0.185 e. The van der Waals surface area contributed by atoms with E-state index < -0.39 is 0 Å². The van der Waals surface area contributed by atoms with Crippen LogP contribution in [0.4, 0.5) is 5.13 Å². The molecule has 1 aromatic heterocycles. The second-order valence-electron chi connectivity index (χ2n) is 5.29. The number of anilines is 1. The van der Waals surface area contributed by atoms with Crippen LogP contribution in [0, 0.1) is 5.92 Å². The van der Waals surface area contributed by atoms with Crippen molar-refractivity contribution in [3.63, 3.8) is 0 Å². The van der Waals surface area contributed by atoms with Gasteiger partial charge in [0.1, 0.15) is 0 Å². The van der Waals surface area contributed by atoms with Crippen LogP contribution in [0.5, 0.6) is 0 Å². The van der Waals surface area contributed by atoms with E-state index >= 15 is 0 Å². The molecular formula is C16H20N2OS. The Morgan fingerprint density at radius 3 is 3.00 bits per heavy atom. The molecule has 0 saturated carbocycles. The van der Waals surface area contributed by atoms with Gasteiger partial charge in [-0.1, -0.05) is 30.3 Å². The minimum Gasteiger partial charge on any atom is -0.384 e. The summed E-state index contributed by atoms with van der Waals surface area (Å²) in [5, 5.41) is 3.30. The molecule has 0 bridgehead atoms. The van der Waals surface area contributed by atoms with E-state index in [1.54, 1.807) is 18.4 Å². The van der Waals surface area contributed by atoms with Gasteiger partial charge in [0.25, 0.3) is 0 Å². The molecule has 1 atom stereocenters. The van der Waals surface area contributed by atoms with Gasteiger partial charge in [-0.15, -0.1) is 11.3 Å². The van der Waals surface area contributed by atoms with E-state index in [2.05, 4.69) is 34.5 Å². The Morgan fingerprint density at radius 2 is 2.20 bits per heavy atom. The van der Waals surface area contributed by atoms with Crippen molar-refractivity contribution in [2.75, 3.05) is 31.7 Å². The summed E-state index contributed by atoms with van der Waals surface area (Å²) >= 11 is 1.75. The van der Waals surface area contributed by atoms with Crippen LogP contribution in [0.3, 0.4) is 0 Å². The van der Waals surface area contributed by atoms with E-state index in [0.717, 1.165) is 30.5 Å². The molecule has 0 aliphatic carbocycles. The molecule has 0 amide bonds. The van der Waals surface area contributed by atoms with Crippen LogP contribution in [-0.2, 0) is 4.74 Å². The summed E-state index contributed by atoms with van der Waals surface area (Å²) in [6.07, 6.45) is 2.50. The number of ether oxygens (including phenoxy) is 1. The van der Waals surface area contributed by atoms with Crippen molar-refractivity contribution in [1.82, 2.24) is 4.98 Å². The zero-order chi connectivity index (χ0) is 13.8. The van der Waals surface area contributed by atoms with Crippen molar-refractivity contribution >= 4 is 16.5 Å². The molecule has 1 aliphatic rings. The fourth-order valence-electron chi connectivity index (χ4n) is 2.76. The lowest BCUT2D eigenvalue weighted by atomic mass is 9.99. The van der Waals surface area contributed by atoms with Crippen LogP contribution in [0.1, 0.15) is 12.8 Å². The van der Waals surface area contributed by atoms with Crippen LogP contribution in [0.2, 0.25) is 0 Å². The van der Waals surface area contributed by atoms with Crippen LogP contribution >= 0.6 is 11.3 Å². The summed E-state index contributed by atoms with van der Waals surface area (Å²) in [6.45, 7) is 3.03. The van der Waals surface area contributed by atoms with E-state index in [0.29, 0.717) is 5.92 Å². The first kappa shape index (κ1) is 13.6. The number of methoxy groups -OCH3 is 1. The SMILES string of the molecule is COCC1CCCN(c2nc(-c3ccccc3)cs2)C1. The number of piperidine rings is 1. The number of aromatic nitrogens is 1. The van der Waals surface area contributed by atoms with Gasteiger partial charge in [0.15, 0.2) is 5.13 Å². The molecule has 2 aromatic rings. The Hall–Kier alpha value is -1.39. The Bertz CT molecular complexity index is 538. The first-order chi connectivity index (χ1) is 9.86. The molecule has 1 aliphatic heterocycles. The first-order valence-corrected chi connectivity index (χ1v) is 7.99. The average molecular weight is 288 g/mol. The van der Waals surface area contributed by atoms with Crippen LogP contribution in [-0.4, -0.2) is 31.8 Å². The van der Waals surface area contributed by atoms with Crippen molar-refractivity contribution in [3.8, 4) is 11.3 Å². The monoisotopic (exact) mass is 288 g/mol. The van der Waals surface area contributed by atoms with E-state index in [4.69, 9.17) is 9.72 Å². The topological polar surface area (TPSA) is 25.4 Å². The van der Waals surface area contributed by atoms with Gasteiger partial charge in [-0.25, -0.2) is 4.98 Å². The Kier molecular flexibility index (Phi) is 4.33.